The number of ketones is 1. The second-order valence-corrected chi connectivity index (χ2v) is 4.77. The van der Waals surface area contributed by atoms with Crippen molar-refractivity contribution in [1.29, 1.82) is 0 Å². The van der Waals surface area contributed by atoms with Crippen LogP contribution in [-0.2, 0) is 6.61 Å². The van der Waals surface area contributed by atoms with Gasteiger partial charge in [-0.3, -0.25) is 9.78 Å². The molecule has 22 heavy (non-hydrogen) atoms. The van der Waals surface area contributed by atoms with E-state index in [2.05, 4.69) is 20.6 Å². The molecule has 2 amide bonds. The molecule has 2 aromatic heterocycles. The van der Waals surface area contributed by atoms with Crippen molar-refractivity contribution in [3.8, 4) is 0 Å². The summed E-state index contributed by atoms with van der Waals surface area (Å²) in [6, 6.07) is 3.91. The van der Waals surface area contributed by atoms with E-state index in [0.717, 1.165) is 0 Å². The number of nitrogens with zero attached hydrogens (tertiary/aromatic N) is 2. The second kappa shape index (κ2) is 6.97. The normalized spacial score (nSPS) is 10.1. The van der Waals surface area contributed by atoms with Gasteiger partial charge < -0.3 is 15.7 Å². The number of hydrogen-bond donors (Lipinski definition) is 3. The molecule has 0 saturated heterocycles. The van der Waals surface area contributed by atoms with Crippen LogP contribution < -0.4 is 10.6 Å². The minimum Gasteiger partial charge on any atom is -0.392 e. The SMILES string of the molecule is CC(=O)c1cc(NC(=O)Nc2cc(Cl)ncc2CO)ccn1. The molecule has 0 bridgehead atoms. The monoisotopic (exact) mass is 320 g/mol. The second-order valence-electron chi connectivity index (χ2n) is 4.39. The molecule has 0 radical (unpaired) electrons. The van der Waals surface area contributed by atoms with Crippen LogP contribution in [0.2, 0.25) is 5.15 Å². The van der Waals surface area contributed by atoms with Gasteiger partial charge in [0, 0.05) is 30.6 Å². The minimum absolute atomic E-state index is 0.190. The lowest BCUT2D eigenvalue weighted by Crippen LogP contribution is -2.20. The fourth-order valence-corrected chi connectivity index (χ4v) is 1.84. The maximum Gasteiger partial charge on any atom is 0.323 e. The smallest absolute Gasteiger partial charge is 0.323 e. The fraction of sp³-hybridized carbons (Fsp3) is 0.143. The van der Waals surface area contributed by atoms with E-state index >= 15 is 0 Å². The van der Waals surface area contributed by atoms with E-state index in [4.69, 9.17) is 11.6 Å². The summed E-state index contributed by atoms with van der Waals surface area (Å²) in [7, 11) is 0. The fourth-order valence-electron chi connectivity index (χ4n) is 1.69. The molecule has 8 heteroatoms. The summed E-state index contributed by atoms with van der Waals surface area (Å²) < 4.78 is 0. The molecule has 0 unspecified atom stereocenters. The zero-order valence-corrected chi connectivity index (χ0v) is 12.4. The number of nitrogens with one attached hydrogen (secondary N) is 2. The standard InChI is InChI=1S/C14H13ClN4O3/c1-8(21)11-4-10(2-3-16-11)18-14(22)19-12-5-13(15)17-6-9(12)7-20/h2-6,20H,7H2,1H3,(H2,16,17,18,19,22). The van der Waals surface area contributed by atoms with Crippen molar-refractivity contribution in [3.63, 3.8) is 0 Å². The van der Waals surface area contributed by atoms with Crippen molar-refractivity contribution in [2.75, 3.05) is 10.6 Å². The molecule has 2 rings (SSSR count). The molecule has 0 aliphatic carbocycles. The maximum atomic E-state index is 12.0. The van der Waals surface area contributed by atoms with Crippen LogP contribution in [0.1, 0.15) is 23.0 Å². The van der Waals surface area contributed by atoms with Gasteiger partial charge in [0.15, 0.2) is 5.78 Å². The summed E-state index contributed by atoms with van der Waals surface area (Å²) in [5.41, 5.74) is 1.45. The molecule has 2 aromatic rings. The molecule has 0 saturated carbocycles. The average Bonchev–Trinajstić information content (AvgIpc) is 2.47. The Hall–Kier alpha value is -2.51. The molecule has 0 spiro atoms. The minimum atomic E-state index is -0.544. The molecule has 0 aliphatic rings. The molecule has 0 aromatic carbocycles. The Morgan fingerprint density at radius 1 is 1.27 bits per heavy atom. The van der Waals surface area contributed by atoms with Gasteiger partial charge in [0.25, 0.3) is 0 Å². The average molecular weight is 321 g/mol. The van der Waals surface area contributed by atoms with Gasteiger partial charge in [-0.25, -0.2) is 9.78 Å². The van der Waals surface area contributed by atoms with Crippen LogP contribution in [-0.4, -0.2) is 26.9 Å². The summed E-state index contributed by atoms with van der Waals surface area (Å²) in [4.78, 5) is 30.9. The number of urea groups is 1. The highest BCUT2D eigenvalue weighted by Gasteiger charge is 2.09. The van der Waals surface area contributed by atoms with Crippen LogP contribution in [0.5, 0.6) is 0 Å². The van der Waals surface area contributed by atoms with Gasteiger partial charge in [-0.15, -0.1) is 0 Å². The van der Waals surface area contributed by atoms with Gasteiger partial charge in [0.2, 0.25) is 0 Å². The lowest BCUT2D eigenvalue weighted by molar-refractivity contribution is 0.101. The van der Waals surface area contributed by atoms with Crippen LogP contribution >= 0.6 is 11.6 Å². The summed E-state index contributed by atoms with van der Waals surface area (Å²) in [5.74, 6) is -0.201. The van der Waals surface area contributed by atoms with Crippen LogP contribution in [0, 0.1) is 0 Å². The predicted molar refractivity (Wildman–Crippen MR) is 82.1 cm³/mol. The molecule has 114 valence electrons. The first-order chi connectivity index (χ1) is 10.5. The van der Waals surface area contributed by atoms with Crippen molar-refractivity contribution in [2.24, 2.45) is 0 Å². The highest BCUT2D eigenvalue weighted by molar-refractivity contribution is 6.29. The third kappa shape index (κ3) is 4.00. The third-order valence-electron chi connectivity index (χ3n) is 2.75. The highest BCUT2D eigenvalue weighted by Crippen LogP contribution is 2.19. The molecule has 0 aliphatic heterocycles. The highest BCUT2D eigenvalue weighted by atomic mass is 35.5. The maximum absolute atomic E-state index is 12.0. The van der Waals surface area contributed by atoms with E-state index in [-0.39, 0.29) is 23.2 Å². The van der Waals surface area contributed by atoms with Gasteiger partial charge in [0.05, 0.1) is 12.3 Å². The number of Topliss-reactive ketones (excluding diaryl/α,β-unsaturated/α-hetero) is 1. The summed E-state index contributed by atoms with van der Waals surface area (Å²) in [6.07, 6.45) is 2.80. The van der Waals surface area contributed by atoms with E-state index in [1.807, 2.05) is 0 Å². The largest absolute Gasteiger partial charge is 0.392 e. The van der Waals surface area contributed by atoms with Gasteiger partial charge in [-0.1, -0.05) is 11.6 Å². The molecule has 0 fully saturated rings. The van der Waals surface area contributed by atoms with E-state index in [9.17, 15) is 14.7 Å². The Morgan fingerprint density at radius 3 is 2.73 bits per heavy atom. The first-order valence-electron chi connectivity index (χ1n) is 6.30. The number of carbonyl (C=O) groups is 2. The Labute approximate surface area is 131 Å². The Morgan fingerprint density at radius 2 is 2.05 bits per heavy atom. The Balaban J connectivity index is 2.12. The topological polar surface area (TPSA) is 104 Å². The summed E-state index contributed by atoms with van der Waals surface area (Å²) >= 11 is 5.76. The zero-order valence-electron chi connectivity index (χ0n) is 11.6. The number of anilines is 2. The molecule has 3 N–H and O–H groups in total. The third-order valence-corrected chi connectivity index (χ3v) is 2.96. The number of pyridine rings is 2. The Bertz CT molecular complexity index is 721. The van der Waals surface area contributed by atoms with Gasteiger partial charge in [-0.2, -0.15) is 0 Å². The van der Waals surface area contributed by atoms with E-state index in [1.54, 1.807) is 6.07 Å². The van der Waals surface area contributed by atoms with Gasteiger partial charge in [-0.05, 0) is 18.2 Å². The zero-order chi connectivity index (χ0) is 16.1. The number of aliphatic hydroxyl groups is 1. The number of rotatable bonds is 4. The summed E-state index contributed by atoms with van der Waals surface area (Å²) in [5, 5.41) is 14.5. The van der Waals surface area contributed by atoms with Gasteiger partial charge >= 0.3 is 6.03 Å². The number of carbonyl (C=O) groups excluding carboxylic acids is 2. The van der Waals surface area contributed by atoms with E-state index < -0.39 is 6.03 Å². The van der Waals surface area contributed by atoms with Crippen LogP contribution in [0.3, 0.4) is 0 Å². The number of aromatic nitrogens is 2. The van der Waals surface area contributed by atoms with Crippen LogP contribution in [0.25, 0.3) is 0 Å². The van der Waals surface area contributed by atoms with Gasteiger partial charge in [0.1, 0.15) is 10.8 Å². The lowest BCUT2D eigenvalue weighted by Gasteiger charge is -2.11. The van der Waals surface area contributed by atoms with Crippen molar-refractivity contribution < 1.29 is 14.7 Å². The molecule has 0 atom stereocenters. The van der Waals surface area contributed by atoms with E-state index in [1.165, 1.54) is 31.5 Å². The molecular formula is C14H13ClN4O3. The summed E-state index contributed by atoms with van der Waals surface area (Å²) in [6.45, 7) is 1.10. The number of hydrogen-bond acceptors (Lipinski definition) is 5. The van der Waals surface area contributed by atoms with Crippen molar-refractivity contribution >= 4 is 34.8 Å². The molecule has 7 nitrogen and oxygen atoms in total. The van der Waals surface area contributed by atoms with E-state index in [0.29, 0.717) is 16.9 Å². The van der Waals surface area contributed by atoms with Crippen molar-refractivity contribution in [3.05, 3.63) is 47.0 Å². The van der Waals surface area contributed by atoms with Crippen LogP contribution in [0.15, 0.2) is 30.6 Å². The predicted octanol–water partition coefficient (Wildman–Crippen LogP) is 2.47. The Kier molecular flexibility index (Phi) is 5.03. The number of aliphatic hydroxyl groups excluding tert-OH is 1. The quantitative estimate of drug-likeness (QED) is 0.593. The van der Waals surface area contributed by atoms with Crippen LogP contribution in [0.4, 0.5) is 16.2 Å². The van der Waals surface area contributed by atoms with Crippen molar-refractivity contribution in [1.82, 2.24) is 9.97 Å². The molecule has 2 heterocycles. The van der Waals surface area contributed by atoms with Crippen molar-refractivity contribution in [2.45, 2.75) is 13.5 Å². The number of amides is 2. The number of halogens is 1. The molecular weight excluding hydrogens is 308 g/mol. The first-order valence-corrected chi connectivity index (χ1v) is 6.67. The lowest BCUT2D eigenvalue weighted by atomic mass is 10.2. The first kappa shape index (κ1) is 15.9.